The van der Waals surface area contributed by atoms with Crippen molar-refractivity contribution in [3.8, 4) is 0 Å². The number of aryl methyl sites for hydroxylation is 1. The third-order valence-electron chi connectivity index (χ3n) is 3.84. The van der Waals surface area contributed by atoms with E-state index in [0.717, 1.165) is 23.6 Å². The molecular weight excluding hydrogens is 302 g/mol. The summed E-state index contributed by atoms with van der Waals surface area (Å²) in [7, 11) is 0. The van der Waals surface area contributed by atoms with Crippen LogP contribution in [0.25, 0.3) is 0 Å². The molecule has 23 heavy (non-hydrogen) atoms. The number of amides is 1. The molecule has 0 unspecified atom stereocenters. The smallest absolute Gasteiger partial charge is 0.256 e. The molecule has 1 aliphatic heterocycles. The fraction of sp³-hybridized carbons (Fsp3) is 0.312. The minimum atomic E-state index is -0.830. The van der Waals surface area contributed by atoms with Crippen molar-refractivity contribution in [1.29, 1.82) is 0 Å². The van der Waals surface area contributed by atoms with Crippen molar-refractivity contribution in [2.75, 3.05) is 31.1 Å². The minimum Gasteiger partial charge on any atom is -0.353 e. The molecule has 1 aromatic heterocycles. The number of carbonyl (C=O) groups excluding carboxylic acids is 1. The van der Waals surface area contributed by atoms with Gasteiger partial charge in [0.1, 0.15) is 23.8 Å². The van der Waals surface area contributed by atoms with Gasteiger partial charge < -0.3 is 9.80 Å². The van der Waals surface area contributed by atoms with Crippen LogP contribution in [0.3, 0.4) is 0 Å². The Labute approximate surface area is 132 Å². The molecule has 1 amide bonds. The molecule has 0 saturated carbocycles. The lowest BCUT2D eigenvalue weighted by atomic mass is 10.1. The van der Waals surface area contributed by atoms with Crippen LogP contribution in [-0.4, -0.2) is 47.0 Å². The first-order valence-corrected chi connectivity index (χ1v) is 7.32. The molecule has 0 aliphatic carbocycles. The monoisotopic (exact) mass is 318 g/mol. The molecule has 1 fully saturated rings. The van der Waals surface area contributed by atoms with Gasteiger partial charge in [0.2, 0.25) is 0 Å². The highest BCUT2D eigenvalue weighted by atomic mass is 19.1. The SMILES string of the molecule is Cc1cc(N2CCN(C(=O)c3ccc(F)cc3F)CC2)ncn1. The highest BCUT2D eigenvalue weighted by Gasteiger charge is 2.24. The second-order valence-corrected chi connectivity index (χ2v) is 5.42. The van der Waals surface area contributed by atoms with E-state index in [1.54, 1.807) is 4.90 Å². The maximum absolute atomic E-state index is 13.7. The number of piperazine rings is 1. The summed E-state index contributed by atoms with van der Waals surface area (Å²) in [6.07, 6.45) is 1.51. The standard InChI is InChI=1S/C16H16F2N4O/c1-11-8-15(20-10-19-11)21-4-6-22(7-5-21)16(23)13-3-2-12(17)9-14(13)18/h2-3,8-10H,4-7H2,1H3. The van der Waals surface area contributed by atoms with Crippen LogP contribution in [0, 0.1) is 18.6 Å². The van der Waals surface area contributed by atoms with Gasteiger partial charge in [-0.3, -0.25) is 4.79 Å². The van der Waals surface area contributed by atoms with E-state index >= 15 is 0 Å². The first kappa shape index (κ1) is 15.3. The van der Waals surface area contributed by atoms with E-state index in [9.17, 15) is 13.6 Å². The lowest BCUT2D eigenvalue weighted by molar-refractivity contribution is 0.0741. The van der Waals surface area contributed by atoms with Crippen LogP contribution in [0.1, 0.15) is 16.1 Å². The van der Waals surface area contributed by atoms with Gasteiger partial charge in [-0.2, -0.15) is 0 Å². The number of hydrogen-bond donors (Lipinski definition) is 0. The number of rotatable bonds is 2. The molecule has 2 aromatic rings. The van der Waals surface area contributed by atoms with Crippen molar-refractivity contribution in [3.63, 3.8) is 0 Å². The molecule has 0 spiro atoms. The average molecular weight is 318 g/mol. The first-order valence-electron chi connectivity index (χ1n) is 7.32. The zero-order chi connectivity index (χ0) is 16.4. The molecular formula is C16H16F2N4O. The van der Waals surface area contributed by atoms with Crippen LogP contribution in [-0.2, 0) is 0 Å². The van der Waals surface area contributed by atoms with E-state index in [1.807, 2.05) is 13.0 Å². The van der Waals surface area contributed by atoms with Crippen LogP contribution in [0.4, 0.5) is 14.6 Å². The minimum absolute atomic E-state index is 0.0993. The number of nitrogens with zero attached hydrogens (tertiary/aromatic N) is 4. The maximum atomic E-state index is 13.7. The van der Waals surface area contributed by atoms with Crippen molar-refractivity contribution >= 4 is 11.7 Å². The molecule has 5 nitrogen and oxygen atoms in total. The van der Waals surface area contributed by atoms with Gasteiger partial charge >= 0.3 is 0 Å². The van der Waals surface area contributed by atoms with E-state index < -0.39 is 17.5 Å². The predicted molar refractivity (Wildman–Crippen MR) is 81.2 cm³/mol. The van der Waals surface area contributed by atoms with Crippen LogP contribution >= 0.6 is 0 Å². The van der Waals surface area contributed by atoms with Crippen molar-refractivity contribution in [1.82, 2.24) is 14.9 Å². The molecule has 120 valence electrons. The van der Waals surface area contributed by atoms with Crippen molar-refractivity contribution in [2.24, 2.45) is 0 Å². The second kappa shape index (κ2) is 6.28. The Morgan fingerprint density at radius 2 is 1.83 bits per heavy atom. The molecule has 3 rings (SSSR count). The quantitative estimate of drug-likeness (QED) is 0.850. The Hall–Kier alpha value is -2.57. The van der Waals surface area contributed by atoms with E-state index in [4.69, 9.17) is 0 Å². The van der Waals surface area contributed by atoms with Gasteiger partial charge in [-0.15, -0.1) is 0 Å². The number of benzene rings is 1. The summed E-state index contributed by atoms with van der Waals surface area (Å²) in [5.41, 5.74) is 0.777. The maximum Gasteiger partial charge on any atom is 0.256 e. The van der Waals surface area contributed by atoms with E-state index in [1.165, 1.54) is 12.4 Å². The highest BCUT2D eigenvalue weighted by molar-refractivity contribution is 5.94. The topological polar surface area (TPSA) is 49.3 Å². The molecule has 0 radical (unpaired) electrons. The van der Waals surface area contributed by atoms with E-state index in [0.29, 0.717) is 26.2 Å². The number of hydrogen-bond acceptors (Lipinski definition) is 4. The Balaban J connectivity index is 1.68. The molecule has 0 bridgehead atoms. The summed E-state index contributed by atoms with van der Waals surface area (Å²) in [5.74, 6) is -1.12. The lowest BCUT2D eigenvalue weighted by Gasteiger charge is -2.35. The number of anilines is 1. The number of halogens is 2. The number of aromatic nitrogens is 2. The summed E-state index contributed by atoms with van der Waals surface area (Å²) in [6, 6.07) is 4.90. The lowest BCUT2D eigenvalue weighted by Crippen LogP contribution is -2.49. The molecule has 0 N–H and O–H groups in total. The summed E-state index contributed by atoms with van der Waals surface area (Å²) in [6.45, 7) is 4.01. The fourth-order valence-corrected chi connectivity index (χ4v) is 2.59. The van der Waals surface area contributed by atoms with E-state index in [2.05, 4.69) is 14.9 Å². The van der Waals surface area contributed by atoms with Gasteiger partial charge in [0, 0.05) is 44.0 Å². The van der Waals surface area contributed by atoms with Gasteiger partial charge in [-0.05, 0) is 19.1 Å². The molecule has 7 heteroatoms. The Morgan fingerprint density at radius 1 is 1.09 bits per heavy atom. The second-order valence-electron chi connectivity index (χ2n) is 5.42. The Kier molecular flexibility index (Phi) is 4.18. The van der Waals surface area contributed by atoms with Gasteiger partial charge in [-0.1, -0.05) is 0 Å². The summed E-state index contributed by atoms with van der Waals surface area (Å²) < 4.78 is 26.7. The number of carbonyl (C=O) groups is 1. The summed E-state index contributed by atoms with van der Waals surface area (Å²) in [4.78, 5) is 24.3. The van der Waals surface area contributed by atoms with Crippen LogP contribution < -0.4 is 4.90 Å². The molecule has 1 aromatic carbocycles. The fourth-order valence-electron chi connectivity index (χ4n) is 2.59. The van der Waals surface area contributed by atoms with Gasteiger partial charge in [0.25, 0.3) is 5.91 Å². The molecule has 1 aliphatic rings. The van der Waals surface area contributed by atoms with E-state index in [-0.39, 0.29) is 5.56 Å². The highest BCUT2D eigenvalue weighted by Crippen LogP contribution is 2.17. The Bertz CT molecular complexity index is 730. The van der Waals surface area contributed by atoms with Crippen molar-refractivity contribution in [3.05, 3.63) is 53.5 Å². The van der Waals surface area contributed by atoms with Gasteiger partial charge in [0.05, 0.1) is 5.56 Å². The normalized spacial score (nSPS) is 14.9. The largest absolute Gasteiger partial charge is 0.353 e. The van der Waals surface area contributed by atoms with Gasteiger partial charge in [-0.25, -0.2) is 18.7 Å². The molecule has 0 atom stereocenters. The predicted octanol–water partition coefficient (Wildman–Crippen LogP) is 2.03. The summed E-state index contributed by atoms with van der Waals surface area (Å²) in [5, 5.41) is 0. The van der Waals surface area contributed by atoms with Crippen molar-refractivity contribution in [2.45, 2.75) is 6.92 Å². The third-order valence-corrected chi connectivity index (χ3v) is 3.84. The average Bonchev–Trinajstić information content (AvgIpc) is 2.54. The van der Waals surface area contributed by atoms with Gasteiger partial charge in [0.15, 0.2) is 0 Å². The van der Waals surface area contributed by atoms with Crippen molar-refractivity contribution < 1.29 is 13.6 Å². The van der Waals surface area contributed by atoms with Crippen LogP contribution in [0.2, 0.25) is 0 Å². The Morgan fingerprint density at radius 3 is 2.48 bits per heavy atom. The zero-order valence-electron chi connectivity index (χ0n) is 12.7. The summed E-state index contributed by atoms with van der Waals surface area (Å²) >= 11 is 0. The van der Waals surface area contributed by atoms with Crippen LogP contribution in [0.15, 0.2) is 30.6 Å². The first-order chi connectivity index (χ1) is 11.0. The molecule has 2 heterocycles. The van der Waals surface area contributed by atoms with Crippen LogP contribution in [0.5, 0.6) is 0 Å². The molecule has 1 saturated heterocycles. The third kappa shape index (κ3) is 3.28. The zero-order valence-corrected chi connectivity index (χ0v) is 12.7.